The Hall–Kier alpha value is -2.55. The van der Waals surface area contributed by atoms with Gasteiger partial charge in [0.15, 0.2) is 11.8 Å². The van der Waals surface area contributed by atoms with Crippen molar-refractivity contribution >= 4 is 28.9 Å². The third-order valence-electron chi connectivity index (χ3n) is 4.25. The largest absolute Gasteiger partial charge is 0.472 e. The van der Waals surface area contributed by atoms with E-state index in [2.05, 4.69) is 5.18 Å². The normalized spacial score (nSPS) is 11.5. The smallest absolute Gasteiger partial charge is 0.230 e. The molecule has 2 aromatic rings. The minimum absolute atomic E-state index is 0.124. The van der Waals surface area contributed by atoms with Crippen LogP contribution >= 0.6 is 11.6 Å². The standard InChI is InChI=1S/C19H21ClN2O6/c1-11-6-13(18(25)26)15(7-14(11)20)22(8-12-4-5-28-10-12)9-16(23)17(24)19(2,3)21-27/h4-7,10,18,25-26H,8-9H2,1-3H3. The molecule has 9 heteroatoms. The number of nitrogens with zero attached hydrogens (tertiary/aromatic N) is 2. The molecule has 0 unspecified atom stereocenters. The Morgan fingerprint density at radius 1 is 1.32 bits per heavy atom. The van der Waals surface area contributed by atoms with Crippen LogP contribution in [-0.4, -0.2) is 33.9 Å². The lowest BCUT2D eigenvalue weighted by Gasteiger charge is -2.28. The van der Waals surface area contributed by atoms with Gasteiger partial charge in [0.25, 0.3) is 0 Å². The van der Waals surface area contributed by atoms with Gasteiger partial charge in [0.05, 0.1) is 19.1 Å². The molecular weight excluding hydrogens is 388 g/mol. The number of carbonyl (C=O) groups is 2. The minimum atomic E-state index is -1.82. The van der Waals surface area contributed by atoms with E-state index >= 15 is 0 Å². The summed E-state index contributed by atoms with van der Waals surface area (Å²) in [5.41, 5.74) is -0.000345. The lowest BCUT2D eigenvalue weighted by atomic mass is 9.96. The topological polar surface area (TPSA) is 120 Å². The lowest BCUT2D eigenvalue weighted by molar-refractivity contribution is -0.138. The van der Waals surface area contributed by atoms with Gasteiger partial charge in [0.2, 0.25) is 11.6 Å². The fourth-order valence-corrected chi connectivity index (χ4v) is 2.79. The highest BCUT2D eigenvalue weighted by Gasteiger charge is 2.35. The number of carbonyl (C=O) groups excluding carboxylic acids is 2. The lowest BCUT2D eigenvalue weighted by Crippen LogP contribution is -2.42. The molecule has 1 aromatic carbocycles. The third-order valence-corrected chi connectivity index (χ3v) is 4.66. The van der Waals surface area contributed by atoms with E-state index < -0.39 is 29.9 Å². The van der Waals surface area contributed by atoms with Crippen LogP contribution in [0.25, 0.3) is 0 Å². The molecule has 28 heavy (non-hydrogen) atoms. The summed E-state index contributed by atoms with van der Waals surface area (Å²) < 4.78 is 5.04. The second-order valence-corrected chi connectivity index (χ2v) is 7.33. The van der Waals surface area contributed by atoms with E-state index in [4.69, 9.17) is 16.0 Å². The van der Waals surface area contributed by atoms with Crippen LogP contribution in [0.1, 0.15) is 36.8 Å². The van der Waals surface area contributed by atoms with Crippen molar-refractivity contribution in [2.45, 2.75) is 39.1 Å². The Morgan fingerprint density at radius 2 is 2.00 bits per heavy atom. The van der Waals surface area contributed by atoms with Crippen LogP contribution in [0.15, 0.2) is 40.3 Å². The van der Waals surface area contributed by atoms with Crippen LogP contribution in [0.5, 0.6) is 0 Å². The summed E-state index contributed by atoms with van der Waals surface area (Å²) in [6.07, 6.45) is 1.09. The first-order valence-electron chi connectivity index (χ1n) is 8.41. The van der Waals surface area contributed by atoms with Gasteiger partial charge in [0.1, 0.15) is 0 Å². The van der Waals surface area contributed by atoms with Crippen LogP contribution in [0.3, 0.4) is 0 Å². The summed E-state index contributed by atoms with van der Waals surface area (Å²) in [5, 5.41) is 22.6. The maximum Gasteiger partial charge on any atom is 0.230 e. The molecule has 0 aliphatic heterocycles. The molecule has 2 rings (SSSR count). The van der Waals surface area contributed by atoms with Gasteiger partial charge in [-0.25, -0.2) is 0 Å². The Labute approximate surface area is 166 Å². The molecular formula is C19H21ClN2O6. The summed E-state index contributed by atoms with van der Waals surface area (Å²) in [6.45, 7) is 3.93. The summed E-state index contributed by atoms with van der Waals surface area (Å²) in [6, 6.07) is 4.65. The van der Waals surface area contributed by atoms with Crippen molar-refractivity contribution in [2.24, 2.45) is 5.18 Å². The van der Waals surface area contributed by atoms with Crippen LogP contribution in [-0.2, 0) is 16.1 Å². The van der Waals surface area contributed by atoms with Gasteiger partial charge in [-0.3, -0.25) is 9.59 Å². The highest BCUT2D eigenvalue weighted by atomic mass is 35.5. The first-order chi connectivity index (χ1) is 13.1. The molecule has 0 bridgehead atoms. The van der Waals surface area contributed by atoms with Crippen LogP contribution in [0.4, 0.5) is 5.69 Å². The highest BCUT2D eigenvalue weighted by molar-refractivity contribution is 6.41. The van der Waals surface area contributed by atoms with Crippen LogP contribution < -0.4 is 4.90 Å². The van der Waals surface area contributed by atoms with Gasteiger partial charge in [-0.05, 0) is 44.5 Å². The van der Waals surface area contributed by atoms with Crippen molar-refractivity contribution in [3.05, 3.63) is 57.3 Å². The SMILES string of the molecule is Cc1cc(C(O)O)c(N(CC(=O)C(=O)C(C)(C)N=O)Cc2ccoc2)cc1Cl. The van der Waals surface area contributed by atoms with Gasteiger partial charge < -0.3 is 19.5 Å². The molecule has 0 atom stereocenters. The van der Waals surface area contributed by atoms with Crippen molar-refractivity contribution in [1.29, 1.82) is 0 Å². The number of aliphatic hydroxyl groups excluding tert-OH is 1. The van der Waals surface area contributed by atoms with E-state index in [-0.39, 0.29) is 17.8 Å². The quantitative estimate of drug-likeness (QED) is 0.371. The van der Waals surface area contributed by atoms with E-state index in [1.165, 1.54) is 43.4 Å². The van der Waals surface area contributed by atoms with E-state index in [0.29, 0.717) is 16.1 Å². The number of rotatable bonds is 9. The van der Waals surface area contributed by atoms with Crippen LogP contribution in [0.2, 0.25) is 5.02 Å². The molecule has 1 aromatic heterocycles. The average Bonchev–Trinajstić information content (AvgIpc) is 3.15. The molecule has 0 saturated carbocycles. The number of furan rings is 1. The molecule has 2 N–H and O–H groups in total. The number of aryl methyl sites for hydroxylation is 1. The van der Waals surface area contributed by atoms with Crippen molar-refractivity contribution in [2.75, 3.05) is 11.4 Å². The van der Waals surface area contributed by atoms with Gasteiger partial charge in [-0.1, -0.05) is 16.8 Å². The van der Waals surface area contributed by atoms with E-state index in [9.17, 15) is 24.7 Å². The number of Topliss-reactive ketones (excluding diaryl/α,β-unsaturated/α-hetero) is 2. The van der Waals surface area contributed by atoms with Crippen molar-refractivity contribution in [3.63, 3.8) is 0 Å². The zero-order valence-corrected chi connectivity index (χ0v) is 16.4. The van der Waals surface area contributed by atoms with Gasteiger partial charge in [0, 0.05) is 28.4 Å². The highest BCUT2D eigenvalue weighted by Crippen LogP contribution is 2.32. The number of ketones is 2. The Bertz CT molecular complexity index is 877. The molecule has 0 amide bonds. The van der Waals surface area contributed by atoms with E-state index in [1.807, 2.05) is 0 Å². The van der Waals surface area contributed by atoms with E-state index in [1.54, 1.807) is 13.0 Å². The number of hydrogen-bond donors (Lipinski definition) is 2. The molecule has 0 fully saturated rings. The van der Waals surface area contributed by atoms with Crippen molar-refractivity contribution in [3.8, 4) is 0 Å². The Balaban J connectivity index is 2.46. The minimum Gasteiger partial charge on any atom is -0.472 e. The summed E-state index contributed by atoms with van der Waals surface area (Å²) in [7, 11) is 0. The molecule has 1 heterocycles. The average molecular weight is 409 g/mol. The Kier molecular flexibility index (Phi) is 6.71. The maximum atomic E-state index is 12.5. The second-order valence-electron chi connectivity index (χ2n) is 6.92. The zero-order chi connectivity index (χ0) is 21.1. The predicted octanol–water partition coefficient (Wildman–Crippen LogP) is 2.91. The van der Waals surface area contributed by atoms with Crippen LogP contribution in [0, 0.1) is 11.8 Å². The number of benzene rings is 1. The zero-order valence-electron chi connectivity index (χ0n) is 15.7. The molecule has 0 radical (unpaired) electrons. The first-order valence-corrected chi connectivity index (χ1v) is 8.79. The molecule has 0 saturated heterocycles. The fourth-order valence-electron chi connectivity index (χ4n) is 2.63. The van der Waals surface area contributed by atoms with Crippen molar-refractivity contribution in [1.82, 2.24) is 0 Å². The van der Waals surface area contributed by atoms with Gasteiger partial charge in [-0.2, -0.15) is 0 Å². The predicted molar refractivity (Wildman–Crippen MR) is 103 cm³/mol. The van der Waals surface area contributed by atoms with E-state index in [0.717, 1.165) is 0 Å². The second kappa shape index (κ2) is 8.64. The number of nitroso groups, excluding NO2 is 1. The number of anilines is 1. The molecule has 8 nitrogen and oxygen atoms in total. The number of halogens is 1. The first kappa shape index (κ1) is 21.7. The molecule has 0 aliphatic carbocycles. The Morgan fingerprint density at radius 3 is 2.54 bits per heavy atom. The molecule has 0 spiro atoms. The summed E-state index contributed by atoms with van der Waals surface area (Å²) in [5.74, 6) is -1.79. The summed E-state index contributed by atoms with van der Waals surface area (Å²) in [4.78, 5) is 37.2. The number of hydrogen-bond acceptors (Lipinski definition) is 8. The maximum absolute atomic E-state index is 12.5. The molecule has 150 valence electrons. The summed E-state index contributed by atoms with van der Waals surface area (Å²) >= 11 is 6.19. The van der Waals surface area contributed by atoms with Crippen molar-refractivity contribution < 1.29 is 24.2 Å². The van der Waals surface area contributed by atoms with Gasteiger partial charge >= 0.3 is 0 Å². The molecule has 0 aliphatic rings. The number of aliphatic hydroxyl groups is 2. The monoisotopic (exact) mass is 408 g/mol. The fraction of sp³-hybridized carbons (Fsp3) is 0.368. The third kappa shape index (κ3) is 4.83. The van der Waals surface area contributed by atoms with Gasteiger partial charge in [-0.15, -0.1) is 4.91 Å².